The van der Waals surface area contributed by atoms with Crippen molar-refractivity contribution in [2.45, 2.75) is 12.8 Å². The van der Waals surface area contributed by atoms with Crippen molar-refractivity contribution in [2.75, 3.05) is 0 Å². The molecule has 7 heteroatoms. The third-order valence-electron chi connectivity index (χ3n) is 2.80. The summed E-state index contributed by atoms with van der Waals surface area (Å²) in [5, 5.41) is 20.1. The average molecular weight is 366 g/mol. The van der Waals surface area contributed by atoms with Gasteiger partial charge in [0.05, 0.1) is 12.8 Å². The topological polar surface area (TPSA) is 114 Å². The van der Waals surface area contributed by atoms with Crippen LogP contribution >= 0.6 is 0 Å². The van der Waals surface area contributed by atoms with Gasteiger partial charge in [0.25, 0.3) is 0 Å². The third-order valence-corrected chi connectivity index (χ3v) is 2.80. The van der Waals surface area contributed by atoms with Crippen molar-refractivity contribution in [1.29, 1.82) is 0 Å². The summed E-state index contributed by atoms with van der Waals surface area (Å²) < 4.78 is 0. The first kappa shape index (κ1) is 23.0. The molecule has 0 saturated heterocycles. The van der Waals surface area contributed by atoms with Crippen molar-refractivity contribution in [1.82, 2.24) is 0 Å². The summed E-state index contributed by atoms with van der Waals surface area (Å²) in [5.41, 5.74) is 0.809. The Kier molecular flexibility index (Phi) is 11.4. The zero-order valence-electron chi connectivity index (χ0n) is 13.3. The van der Waals surface area contributed by atoms with Crippen molar-refractivity contribution in [3.63, 3.8) is 0 Å². The molecule has 0 heterocycles. The van der Waals surface area contributed by atoms with Gasteiger partial charge in [-0.2, -0.15) is 0 Å². The maximum absolute atomic E-state index is 11.0. The quantitative estimate of drug-likeness (QED) is 0.392. The molecule has 0 bridgehead atoms. The fourth-order valence-electron chi connectivity index (χ4n) is 1.71. The van der Waals surface area contributed by atoms with E-state index in [0.29, 0.717) is 11.1 Å². The molecule has 0 aliphatic heterocycles. The number of hydrogen-bond donors (Lipinski definition) is 0. The van der Waals surface area contributed by atoms with Crippen LogP contribution < -0.4 is 10.2 Å². The van der Waals surface area contributed by atoms with Crippen LogP contribution in [0.4, 0.5) is 0 Å². The molecule has 2 aromatic rings. The molecule has 0 fully saturated rings. The zero-order chi connectivity index (χ0) is 17.9. The molecule has 2 rings (SSSR count). The van der Waals surface area contributed by atoms with Crippen molar-refractivity contribution in [3.8, 4) is 0 Å². The monoisotopic (exact) mass is 366 g/mol. The molecule has 0 unspecified atom stereocenters. The third kappa shape index (κ3) is 9.76. The van der Waals surface area contributed by atoms with E-state index in [4.69, 9.17) is 0 Å². The van der Waals surface area contributed by atoms with Crippen molar-refractivity contribution in [2.24, 2.45) is 0 Å². The number of benzene rings is 2. The van der Waals surface area contributed by atoms with E-state index < -0.39 is 36.3 Å². The minimum atomic E-state index is -1.34. The predicted molar refractivity (Wildman–Crippen MR) is 86.5 cm³/mol. The standard InChI is InChI=1S/2C9H8O3.Ca/c2*10-8(6-9(11)12)7-4-2-1-3-5-7;/h2*1-5H,6H2,(H,11,12);/q;;+2/p-2. The number of carboxylic acids is 2. The van der Waals surface area contributed by atoms with Crippen LogP contribution in [-0.2, 0) is 9.59 Å². The number of Topliss-reactive ketones (excluding diaryl/α,β-unsaturated/α-hetero) is 2. The van der Waals surface area contributed by atoms with Gasteiger partial charge in [-0.25, -0.2) is 0 Å². The van der Waals surface area contributed by atoms with Crippen LogP contribution in [0.15, 0.2) is 60.7 Å². The Bertz CT molecular complexity index is 649. The van der Waals surface area contributed by atoms with Gasteiger partial charge in [-0.05, 0) is 0 Å². The first-order valence-electron chi connectivity index (χ1n) is 6.96. The normalized spacial score (nSPS) is 8.96. The molecule has 0 N–H and O–H groups in total. The van der Waals surface area contributed by atoms with E-state index in [-0.39, 0.29) is 37.7 Å². The number of ketones is 2. The molecule has 0 amide bonds. The predicted octanol–water partition coefficient (Wildman–Crippen LogP) is -0.362. The van der Waals surface area contributed by atoms with Gasteiger partial charge in [0.15, 0.2) is 11.6 Å². The molecule has 0 saturated carbocycles. The minimum Gasteiger partial charge on any atom is -0.550 e. The summed E-state index contributed by atoms with van der Waals surface area (Å²) in [4.78, 5) is 42.2. The Morgan fingerprint density at radius 3 is 1.12 bits per heavy atom. The molecule has 0 atom stereocenters. The van der Waals surface area contributed by atoms with Gasteiger partial charge >= 0.3 is 37.7 Å². The smallest absolute Gasteiger partial charge is 0.550 e. The Balaban J connectivity index is 0.000000443. The molecule has 0 radical (unpaired) electrons. The van der Waals surface area contributed by atoms with E-state index in [9.17, 15) is 29.4 Å². The van der Waals surface area contributed by atoms with Gasteiger partial charge in [-0.1, -0.05) is 60.7 Å². The number of carbonyl (C=O) groups excluding carboxylic acids is 4. The van der Waals surface area contributed by atoms with Gasteiger partial charge < -0.3 is 19.8 Å². The molecule has 0 spiro atoms. The zero-order valence-corrected chi connectivity index (χ0v) is 15.6. The second-order valence-electron chi connectivity index (χ2n) is 4.68. The first-order chi connectivity index (χ1) is 11.4. The molecular weight excluding hydrogens is 352 g/mol. The van der Waals surface area contributed by atoms with Crippen molar-refractivity contribution >= 4 is 61.2 Å². The molecule has 2 aromatic carbocycles. The van der Waals surface area contributed by atoms with E-state index in [1.54, 1.807) is 60.7 Å². The Hall–Kier alpha value is -2.02. The van der Waals surface area contributed by atoms with Gasteiger partial charge in [-0.15, -0.1) is 0 Å². The average Bonchev–Trinajstić information content (AvgIpc) is 2.56. The van der Waals surface area contributed by atoms with Crippen LogP contribution in [0.3, 0.4) is 0 Å². The van der Waals surface area contributed by atoms with Crippen molar-refractivity contribution in [3.05, 3.63) is 71.8 Å². The number of hydrogen-bond acceptors (Lipinski definition) is 6. The minimum absolute atomic E-state index is 0. The second kappa shape index (κ2) is 12.4. The van der Waals surface area contributed by atoms with E-state index in [0.717, 1.165) is 0 Å². The Labute approximate surface area is 174 Å². The molecule has 0 aliphatic carbocycles. The van der Waals surface area contributed by atoms with E-state index in [2.05, 4.69) is 0 Å². The van der Waals surface area contributed by atoms with E-state index >= 15 is 0 Å². The van der Waals surface area contributed by atoms with Crippen LogP contribution in [0.1, 0.15) is 33.6 Å². The summed E-state index contributed by atoms with van der Waals surface area (Å²) in [7, 11) is 0. The molecule has 0 aliphatic rings. The summed E-state index contributed by atoms with van der Waals surface area (Å²) in [6.45, 7) is 0. The summed E-state index contributed by atoms with van der Waals surface area (Å²) in [6, 6.07) is 16.6. The molecule has 6 nitrogen and oxygen atoms in total. The largest absolute Gasteiger partial charge is 2.00 e. The SMILES string of the molecule is O=C([O-])CC(=O)c1ccccc1.O=C([O-])CC(=O)c1ccccc1.[Ca+2]. The number of carbonyl (C=O) groups is 4. The van der Waals surface area contributed by atoms with Gasteiger partial charge in [-0.3, -0.25) is 9.59 Å². The summed E-state index contributed by atoms with van der Waals surface area (Å²) in [5.74, 6) is -3.53. The van der Waals surface area contributed by atoms with Gasteiger partial charge in [0.2, 0.25) is 0 Å². The number of carboxylic acid groups (broad SMARTS) is 2. The Morgan fingerprint density at radius 1 is 0.600 bits per heavy atom. The second-order valence-corrected chi connectivity index (χ2v) is 4.68. The molecule has 25 heavy (non-hydrogen) atoms. The van der Waals surface area contributed by atoms with E-state index in [1.165, 1.54) is 0 Å². The molecule has 0 aromatic heterocycles. The van der Waals surface area contributed by atoms with Crippen LogP contribution in [-0.4, -0.2) is 61.2 Å². The van der Waals surface area contributed by atoms with Crippen LogP contribution in [0.25, 0.3) is 0 Å². The maximum Gasteiger partial charge on any atom is 2.00 e. The van der Waals surface area contributed by atoms with E-state index in [1.807, 2.05) is 0 Å². The fraction of sp³-hybridized carbons (Fsp3) is 0.111. The summed E-state index contributed by atoms with van der Waals surface area (Å²) >= 11 is 0. The van der Waals surface area contributed by atoms with Crippen LogP contribution in [0.5, 0.6) is 0 Å². The van der Waals surface area contributed by atoms with Gasteiger partial charge in [0, 0.05) is 23.1 Å². The fourth-order valence-corrected chi connectivity index (χ4v) is 1.71. The van der Waals surface area contributed by atoms with Crippen LogP contribution in [0, 0.1) is 0 Å². The maximum atomic E-state index is 11.0. The first-order valence-corrected chi connectivity index (χ1v) is 6.96. The molecular formula is C18H14CaO6. The van der Waals surface area contributed by atoms with Gasteiger partial charge in [0.1, 0.15) is 0 Å². The number of rotatable bonds is 6. The van der Waals surface area contributed by atoms with Crippen LogP contribution in [0.2, 0.25) is 0 Å². The molecule has 124 valence electrons. The number of aliphatic carboxylic acids is 2. The summed E-state index contributed by atoms with van der Waals surface area (Å²) in [6.07, 6.45) is -1.10. The Morgan fingerprint density at radius 2 is 0.880 bits per heavy atom. The van der Waals surface area contributed by atoms with Crippen molar-refractivity contribution < 1.29 is 29.4 Å².